The summed E-state index contributed by atoms with van der Waals surface area (Å²) in [6.45, 7) is 6.68. The highest BCUT2D eigenvalue weighted by Gasteiger charge is 2.20. The van der Waals surface area contributed by atoms with Gasteiger partial charge in [-0.3, -0.25) is 4.79 Å². The van der Waals surface area contributed by atoms with Gasteiger partial charge in [0, 0.05) is 31.8 Å². The van der Waals surface area contributed by atoms with Crippen molar-refractivity contribution in [3.05, 3.63) is 41.5 Å². The van der Waals surface area contributed by atoms with Crippen molar-refractivity contribution in [1.82, 2.24) is 10.2 Å². The van der Waals surface area contributed by atoms with Gasteiger partial charge < -0.3 is 10.2 Å². The number of amides is 1. The molecule has 0 radical (unpaired) electrons. The Hall–Kier alpha value is -1.61. The molecule has 0 aromatic heterocycles. The summed E-state index contributed by atoms with van der Waals surface area (Å²) in [5, 5.41) is 3.28. The number of benzene rings is 1. The van der Waals surface area contributed by atoms with Crippen molar-refractivity contribution in [1.29, 1.82) is 0 Å². The van der Waals surface area contributed by atoms with E-state index in [1.54, 1.807) is 6.08 Å². The molecule has 2 rings (SSSR count). The Morgan fingerprint density at radius 2 is 2.33 bits per heavy atom. The minimum Gasteiger partial charge on any atom is -0.334 e. The molecule has 0 bridgehead atoms. The second kappa shape index (κ2) is 5.83. The van der Waals surface area contributed by atoms with Gasteiger partial charge in [0.25, 0.3) is 0 Å². The molecule has 1 N–H and O–H groups in total. The fraction of sp³-hybridized carbons (Fsp3) is 0.400. The standard InChI is InChI=1S/C15H20N2O/c1-12-4-3-5-14(10-12)6-7-15(18)17-9-8-16-11-13(17)2/h3-7,10,13,16H,8-9,11H2,1-2H3/b7-6+. The van der Waals surface area contributed by atoms with E-state index < -0.39 is 0 Å². The maximum atomic E-state index is 12.1. The summed E-state index contributed by atoms with van der Waals surface area (Å²) in [5.41, 5.74) is 2.28. The highest BCUT2D eigenvalue weighted by molar-refractivity contribution is 5.92. The van der Waals surface area contributed by atoms with Crippen LogP contribution in [-0.4, -0.2) is 36.5 Å². The van der Waals surface area contributed by atoms with E-state index in [0.717, 1.165) is 25.2 Å². The van der Waals surface area contributed by atoms with Crippen molar-refractivity contribution in [2.45, 2.75) is 19.9 Å². The van der Waals surface area contributed by atoms with Crippen LogP contribution in [0.3, 0.4) is 0 Å². The van der Waals surface area contributed by atoms with Gasteiger partial charge in [-0.2, -0.15) is 0 Å². The molecule has 1 aromatic rings. The molecule has 1 saturated heterocycles. The molecule has 1 aromatic carbocycles. The zero-order chi connectivity index (χ0) is 13.0. The lowest BCUT2D eigenvalue weighted by Gasteiger charge is -2.33. The summed E-state index contributed by atoms with van der Waals surface area (Å²) in [5.74, 6) is 0.102. The van der Waals surface area contributed by atoms with Gasteiger partial charge in [0.15, 0.2) is 0 Å². The monoisotopic (exact) mass is 244 g/mol. The largest absolute Gasteiger partial charge is 0.334 e. The first-order valence-corrected chi connectivity index (χ1v) is 6.43. The molecule has 1 amide bonds. The number of nitrogens with zero attached hydrogens (tertiary/aromatic N) is 1. The number of carbonyl (C=O) groups is 1. The van der Waals surface area contributed by atoms with Crippen molar-refractivity contribution in [2.75, 3.05) is 19.6 Å². The lowest BCUT2D eigenvalue weighted by atomic mass is 10.1. The van der Waals surface area contributed by atoms with Crippen LogP contribution in [0.1, 0.15) is 18.1 Å². The molecule has 1 aliphatic heterocycles. The molecule has 1 unspecified atom stereocenters. The van der Waals surface area contributed by atoms with Gasteiger partial charge in [0.2, 0.25) is 5.91 Å². The first-order chi connectivity index (χ1) is 8.66. The van der Waals surface area contributed by atoms with Crippen molar-refractivity contribution < 1.29 is 4.79 Å². The van der Waals surface area contributed by atoms with E-state index in [4.69, 9.17) is 0 Å². The van der Waals surface area contributed by atoms with Crippen LogP contribution in [0.25, 0.3) is 6.08 Å². The Labute approximate surface area is 108 Å². The molecule has 3 nitrogen and oxygen atoms in total. The van der Waals surface area contributed by atoms with Gasteiger partial charge in [-0.05, 0) is 25.5 Å². The SMILES string of the molecule is Cc1cccc(/C=C/C(=O)N2CCNCC2C)c1. The maximum Gasteiger partial charge on any atom is 0.246 e. The first kappa shape index (κ1) is 12.8. The number of nitrogens with one attached hydrogen (secondary N) is 1. The molecule has 3 heteroatoms. The van der Waals surface area contributed by atoms with Crippen LogP contribution in [0.5, 0.6) is 0 Å². The number of hydrogen-bond acceptors (Lipinski definition) is 2. The zero-order valence-electron chi connectivity index (χ0n) is 11.0. The van der Waals surface area contributed by atoms with Crippen molar-refractivity contribution in [3.8, 4) is 0 Å². The van der Waals surface area contributed by atoms with Crippen LogP contribution in [-0.2, 0) is 4.79 Å². The smallest absolute Gasteiger partial charge is 0.246 e. The van der Waals surface area contributed by atoms with Gasteiger partial charge in [-0.25, -0.2) is 0 Å². The second-order valence-electron chi connectivity index (χ2n) is 4.83. The molecule has 1 aliphatic rings. The molecule has 96 valence electrons. The fourth-order valence-corrected chi connectivity index (χ4v) is 2.21. The van der Waals surface area contributed by atoms with Gasteiger partial charge in [-0.1, -0.05) is 29.8 Å². The third-order valence-electron chi connectivity index (χ3n) is 3.24. The molecular weight excluding hydrogens is 224 g/mol. The quantitative estimate of drug-likeness (QED) is 0.805. The van der Waals surface area contributed by atoms with Crippen molar-refractivity contribution >= 4 is 12.0 Å². The minimum absolute atomic E-state index is 0.102. The summed E-state index contributed by atoms with van der Waals surface area (Å²) < 4.78 is 0. The van der Waals surface area contributed by atoms with Gasteiger partial charge in [0.1, 0.15) is 0 Å². The maximum absolute atomic E-state index is 12.1. The zero-order valence-corrected chi connectivity index (χ0v) is 11.0. The fourth-order valence-electron chi connectivity index (χ4n) is 2.21. The van der Waals surface area contributed by atoms with E-state index in [2.05, 4.69) is 31.3 Å². The van der Waals surface area contributed by atoms with Gasteiger partial charge in [0.05, 0.1) is 0 Å². The highest BCUT2D eigenvalue weighted by atomic mass is 16.2. The number of rotatable bonds is 2. The average molecular weight is 244 g/mol. The number of hydrogen-bond donors (Lipinski definition) is 1. The Morgan fingerprint density at radius 1 is 1.50 bits per heavy atom. The molecule has 0 spiro atoms. The minimum atomic E-state index is 0.102. The summed E-state index contributed by atoms with van der Waals surface area (Å²) in [4.78, 5) is 14.0. The third-order valence-corrected chi connectivity index (χ3v) is 3.24. The van der Waals surface area contributed by atoms with Crippen LogP contribution in [0, 0.1) is 6.92 Å². The van der Waals surface area contributed by atoms with E-state index >= 15 is 0 Å². The molecule has 0 saturated carbocycles. The van der Waals surface area contributed by atoms with E-state index in [9.17, 15) is 4.79 Å². The van der Waals surface area contributed by atoms with Crippen LogP contribution < -0.4 is 5.32 Å². The van der Waals surface area contributed by atoms with Crippen molar-refractivity contribution in [3.63, 3.8) is 0 Å². The van der Waals surface area contributed by atoms with Crippen LogP contribution >= 0.6 is 0 Å². The van der Waals surface area contributed by atoms with Crippen LogP contribution in [0.15, 0.2) is 30.3 Å². The van der Waals surface area contributed by atoms with E-state index in [1.807, 2.05) is 23.1 Å². The van der Waals surface area contributed by atoms with Crippen LogP contribution in [0.2, 0.25) is 0 Å². The van der Waals surface area contributed by atoms with Crippen molar-refractivity contribution in [2.24, 2.45) is 0 Å². The molecule has 0 aliphatic carbocycles. The lowest BCUT2D eigenvalue weighted by Crippen LogP contribution is -2.51. The van der Waals surface area contributed by atoms with E-state index in [0.29, 0.717) is 0 Å². The summed E-state index contributed by atoms with van der Waals surface area (Å²) in [7, 11) is 0. The molecule has 18 heavy (non-hydrogen) atoms. The van der Waals surface area contributed by atoms with Gasteiger partial charge in [-0.15, -0.1) is 0 Å². The Kier molecular flexibility index (Phi) is 4.15. The number of carbonyl (C=O) groups excluding carboxylic acids is 1. The number of aryl methyl sites for hydroxylation is 1. The summed E-state index contributed by atoms with van der Waals surface area (Å²) in [6, 6.07) is 8.42. The lowest BCUT2D eigenvalue weighted by molar-refractivity contribution is -0.128. The van der Waals surface area contributed by atoms with Crippen LogP contribution in [0.4, 0.5) is 0 Å². The normalized spacial score (nSPS) is 20.3. The third kappa shape index (κ3) is 3.20. The first-order valence-electron chi connectivity index (χ1n) is 6.43. The van der Waals surface area contributed by atoms with E-state index in [-0.39, 0.29) is 11.9 Å². The number of piperazine rings is 1. The van der Waals surface area contributed by atoms with Gasteiger partial charge >= 0.3 is 0 Å². The summed E-state index contributed by atoms with van der Waals surface area (Å²) >= 11 is 0. The second-order valence-corrected chi connectivity index (χ2v) is 4.83. The summed E-state index contributed by atoms with van der Waals surface area (Å²) in [6.07, 6.45) is 3.57. The topological polar surface area (TPSA) is 32.3 Å². The average Bonchev–Trinajstić information content (AvgIpc) is 2.37. The molecule has 1 atom stereocenters. The molecule has 1 heterocycles. The Morgan fingerprint density at radius 3 is 3.06 bits per heavy atom. The Bertz CT molecular complexity index is 454. The predicted octanol–water partition coefficient (Wildman–Crippen LogP) is 1.83. The molecular formula is C15H20N2O. The molecule has 1 fully saturated rings. The Balaban J connectivity index is 2.02. The predicted molar refractivity (Wildman–Crippen MR) is 74.3 cm³/mol. The van der Waals surface area contributed by atoms with E-state index in [1.165, 1.54) is 5.56 Å². The highest BCUT2D eigenvalue weighted by Crippen LogP contribution is 2.08.